The lowest BCUT2D eigenvalue weighted by molar-refractivity contribution is 0.634. The summed E-state index contributed by atoms with van der Waals surface area (Å²) in [6.07, 6.45) is 8.28. The van der Waals surface area contributed by atoms with Crippen molar-refractivity contribution in [2.24, 2.45) is 5.92 Å². The van der Waals surface area contributed by atoms with Gasteiger partial charge in [0.1, 0.15) is 11.3 Å². The van der Waals surface area contributed by atoms with E-state index in [2.05, 4.69) is 26.4 Å². The molecule has 3 aromatic heterocycles. The molecule has 0 bridgehead atoms. The maximum Gasteiger partial charge on any atom is 0.187 e. The van der Waals surface area contributed by atoms with Crippen LogP contribution < -0.4 is 5.73 Å². The maximum absolute atomic E-state index is 6.18. The van der Waals surface area contributed by atoms with Crippen LogP contribution in [0.15, 0.2) is 23.6 Å². The molecule has 1 aliphatic carbocycles. The monoisotopic (exact) mass is 368 g/mol. The van der Waals surface area contributed by atoms with Crippen LogP contribution in [-0.4, -0.2) is 30.3 Å². The quantitative estimate of drug-likeness (QED) is 0.390. The fourth-order valence-corrected chi connectivity index (χ4v) is 4.00. The number of hydrogen-bond donors (Lipinski definition) is 1. The van der Waals surface area contributed by atoms with E-state index in [1.807, 2.05) is 13.0 Å². The number of pyridine rings is 1. The number of aromatic nitrogens is 5. The van der Waals surface area contributed by atoms with Crippen molar-refractivity contribution in [1.29, 1.82) is 0 Å². The number of anilines is 1. The normalized spacial score (nSPS) is 14.2. The van der Waals surface area contributed by atoms with E-state index in [1.165, 1.54) is 18.4 Å². The van der Waals surface area contributed by atoms with E-state index in [0.29, 0.717) is 5.82 Å². The molecule has 0 aromatic carbocycles. The minimum absolute atomic E-state index is 0.547. The summed E-state index contributed by atoms with van der Waals surface area (Å²) in [5.74, 6) is 3.47. The first-order valence-electron chi connectivity index (χ1n) is 9.15. The van der Waals surface area contributed by atoms with Crippen LogP contribution in [0.4, 0.5) is 5.82 Å². The Kier molecular flexibility index (Phi) is 4.80. The molecule has 2 N–H and O–H groups in total. The molecule has 7 heteroatoms. The van der Waals surface area contributed by atoms with Gasteiger partial charge in [-0.1, -0.05) is 11.8 Å². The summed E-state index contributed by atoms with van der Waals surface area (Å²) in [6, 6.07) is 1.84. The Bertz CT molecular complexity index is 917. The summed E-state index contributed by atoms with van der Waals surface area (Å²) in [7, 11) is 0. The van der Waals surface area contributed by atoms with Crippen LogP contribution >= 0.6 is 11.8 Å². The van der Waals surface area contributed by atoms with Gasteiger partial charge in [0, 0.05) is 36.8 Å². The number of fused-ring (bicyclic) bond motifs is 1. The lowest BCUT2D eigenvalue weighted by atomic mass is 10.2. The van der Waals surface area contributed by atoms with Crippen LogP contribution in [0, 0.1) is 19.8 Å². The van der Waals surface area contributed by atoms with Crippen molar-refractivity contribution in [3.05, 3.63) is 35.5 Å². The van der Waals surface area contributed by atoms with Gasteiger partial charge in [0.25, 0.3) is 0 Å². The molecule has 26 heavy (non-hydrogen) atoms. The first-order valence-corrected chi connectivity index (χ1v) is 10.1. The lowest BCUT2D eigenvalue weighted by Crippen LogP contribution is -2.07. The summed E-state index contributed by atoms with van der Waals surface area (Å²) in [5.41, 5.74) is 10.4. The summed E-state index contributed by atoms with van der Waals surface area (Å²) in [4.78, 5) is 17.9. The molecule has 0 radical (unpaired) electrons. The molecule has 1 saturated carbocycles. The highest BCUT2D eigenvalue weighted by atomic mass is 32.2. The van der Waals surface area contributed by atoms with Crippen LogP contribution in [0.3, 0.4) is 0 Å². The minimum Gasteiger partial charge on any atom is -0.382 e. The number of thioether (sulfide) groups is 1. The van der Waals surface area contributed by atoms with E-state index in [9.17, 15) is 0 Å². The average molecular weight is 369 g/mol. The van der Waals surface area contributed by atoms with Gasteiger partial charge in [0.2, 0.25) is 0 Å². The Hall–Kier alpha value is -2.15. The first kappa shape index (κ1) is 17.3. The van der Waals surface area contributed by atoms with E-state index in [0.717, 1.165) is 58.8 Å². The van der Waals surface area contributed by atoms with E-state index in [4.69, 9.17) is 10.7 Å². The van der Waals surface area contributed by atoms with Crippen molar-refractivity contribution in [3.63, 3.8) is 0 Å². The first-order chi connectivity index (χ1) is 12.6. The van der Waals surface area contributed by atoms with E-state index in [1.54, 1.807) is 24.2 Å². The summed E-state index contributed by atoms with van der Waals surface area (Å²) in [5, 5.41) is 0.835. The summed E-state index contributed by atoms with van der Waals surface area (Å²) in [6.45, 7) is 5.07. The van der Waals surface area contributed by atoms with Gasteiger partial charge < -0.3 is 10.3 Å². The Labute approximate surface area is 157 Å². The van der Waals surface area contributed by atoms with E-state index in [-0.39, 0.29) is 0 Å². The van der Waals surface area contributed by atoms with Gasteiger partial charge in [-0.15, -0.1) is 0 Å². The molecule has 4 rings (SSSR count). The predicted octanol–water partition coefficient (Wildman–Crippen LogP) is 3.56. The molecule has 0 aliphatic heterocycles. The summed E-state index contributed by atoms with van der Waals surface area (Å²) >= 11 is 1.70. The van der Waals surface area contributed by atoms with Crippen LogP contribution in [0.25, 0.3) is 11.0 Å². The summed E-state index contributed by atoms with van der Waals surface area (Å²) < 4.78 is 2.38. The lowest BCUT2D eigenvalue weighted by Gasteiger charge is -2.11. The van der Waals surface area contributed by atoms with Crippen molar-refractivity contribution >= 4 is 28.6 Å². The molecular weight excluding hydrogens is 344 g/mol. The van der Waals surface area contributed by atoms with E-state index < -0.39 is 0 Å². The van der Waals surface area contributed by atoms with Gasteiger partial charge in [-0.3, -0.25) is 0 Å². The molecule has 0 atom stereocenters. The molecule has 0 amide bonds. The highest BCUT2D eigenvalue weighted by Gasteiger charge is 2.26. The Morgan fingerprint density at radius 1 is 1.19 bits per heavy atom. The van der Waals surface area contributed by atoms with Crippen molar-refractivity contribution < 1.29 is 0 Å². The SMILES string of the molecule is Cc1nc(N)c2nc(CC3CC3)n(CCCSc3ncccn3)c2c1C. The number of nitrogens with zero attached hydrogens (tertiary/aromatic N) is 5. The number of imidazole rings is 1. The third kappa shape index (κ3) is 3.53. The zero-order valence-electron chi connectivity index (χ0n) is 15.3. The molecule has 3 heterocycles. The number of nitrogens with two attached hydrogens (primary N) is 1. The van der Waals surface area contributed by atoms with Crippen molar-refractivity contribution in [3.8, 4) is 0 Å². The van der Waals surface area contributed by atoms with E-state index >= 15 is 0 Å². The highest BCUT2D eigenvalue weighted by molar-refractivity contribution is 7.99. The molecule has 1 fully saturated rings. The fourth-order valence-electron chi connectivity index (χ4n) is 3.27. The standard InChI is InChI=1S/C19H24N6S/c1-12-13(2)23-18(20)16-17(12)25(15(24-16)11-14-5-6-14)9-4-10-26-19-21-7-3-8-22-19/h3,7-8,14H,4-6,9-11H2,1-2H3,(H2,20,23). The average Bonchev–Trinajstić information content (AvgIpc) is 3.38. The van der Waals surface area contributed by atoms with Crippen LogP contribution in [0.2, 0.25) is 0 Å². The number of hydrogen-bond acceptors (Lipinski definition) is 6. The second kappa shape index (κ2) is 7.23. The number of aryl methyl sites for hydroxylation is 3. The third-order valence-corrected chi connectivity index (χ3v) is 5.90. The maximum atomic E-state index is 6.18. The van der Waals surface area contributed by atoms with Gasteiger partial charge >= 0.3 is 0 Å². The molecule has 0 saturated heterocycles. The van der Waals surface area contributed by atoms with Crippen molar-refractivity contribution in [1.82, 2.24) is 24.5 Å². The molecular formula is C19H24N6S. The molecule has 6 nitrogen and oxygen atoms in total. The van der Waals surface area contributed by atoms with Crippen molar-refractivity contribution in [2.45, 2.75) is 51.2 Å². The fraction of sp³-hybridized carbons (Fsp3) is 0.474. The molecule has 0 unspecified atom stereocenters. The minimum atomic E-state index is 0.547. The van der Waals surface area contributed by atoms with Gasteiger partial charge in [-0.05, 0) is 50.7 Å². The topological polar surface area (TPSA) is 82.5 Å². The Morgan fingerprint density at radius 2 is 1.96 bits per heavy atom. The van der Waals surface area contributed by atoms with Gasteiger partial charge in [0.15, 0.2) is 11.0 Å². The number of rotatable bonds is 7. The zero-order valence-corrected chi connectivity index (χ0v) is 16.1. The molecule has 1 aliphatic rings. The predicted molar refractivity (Wildman–Crippen MR) is 105 cm³/mol. The van der Waals surface area contributed by atoms with Crippen LogP contribution in [0.5, 0.6) is 0 Å². The van der Waals surface area contributed by atoms with Gasteiger partial charge in [-0.2, -0.15) is 0 Å². The second-order valence-electron chi connectivity index (χ2n) is 6.97. The van der Waals surface area contributed by atoms with Crippen LogP contribution in [0.1, 0.15) is 36.3 Å². The molecule has 136 valence electrons. The number of nitrogen functional groups attached to an aromatic ring is 1. The third-order valence-electron chi connectivity index (χ3n) is 4.94. The highest BCUT2D eigenvalue weighted by Crippen LogP contribution is 2.34. The van der Waals surface area contributed by atoms with Gasteiger partial charge in [0.05, 0.1) is 5.52 Å². The van der Waals surface area contributed by atoms with Gasteiger partial charge in [-0.25, -0.2) is 19.9 Å². The Morgan fingerprint density at radius 3 is 2.69 bits per heavy atom. The van der Waals surface area contributed by atoms with Crippen molar-refractivity contribution in [2.75, 3.05) is 11.5 Å². The van der Waals surface area contributed by atoms with Crippen LogP contribution in [-0.2, 0) is 13.0 Å². The largest absolute Gasteiger partial charge is 0.382 e. The Balaban J connectivity index is 1.57. The second-order valence-corrected chi connectivity index (χ2v) is 8.03. The smallest absolute Gasteiger partial charge is 0.187 e. The molecule has 0 spiro atoms. The zero-order chi connectivity index (χ0) is 18.1. The molecule has 3 aromatic rings.